The molecule has 2 aliphatic rings. The van der Waals surface area contributed by atoms with Gasteiger partial charge >= 0.3 is 0 Å². The van der Waals surface area contributed by atoms with Gasteiger partial charge in [0.2, 0.25) is 5.91 Å². The Morgan fingerprint density at radius 1 is 1.37 bits per heavy atom. The topological polar surface area (TPSA) is 78.9 Å². The highest BCUT2D eigenvalue weighted by Crippen LogP contribution is 2.36. The number of nitrogens with two attached hydrogens (primary N) is 1. The summed E-state index contributed by atoms with van der Waals surface area (Å²) < 4.78 is 0. The number of rotatable bonds is 2. The van der Waals surface area contributed by atoms with Crippen LogP contribution in [0, 0.1) is 17.3 Å². The Morgan fingerprint density at radius 2 is 2.00 bits per heavy atom. The van der Waals surface area contributed by atoms with Crippen molar-refractivity contribution < 1.29 is 10.0 Å². The molecule has 2 atom stereocenters. The zero-order valence-electron chi connectivity index (χ0n) is 11.9. The molecule has 19 heavy (non-hydrogen) atoms. The lowest BCUT2D eigenvalue weighted by Gasteiger charge is -2.39. The molecule has 1 amide bonds. The lowest BCUT2D eigenvalue weighted by molar-refractivity contribution is -0.138. The van der Waals surface area contributed by atoms with Crippen LogP contribution in [0.1, 0.15) is 46.0 Å². The summed E-state index contributed by atoms with van der Waals surface area (Å²) >= 11 is 0. The van der Waals surface area contributed by atoms with E-state index in [1.165, 1.54) is 12.8 Å². The summed E-state index contributed by atoms with van der Waals surface area (Å²) in [4.78, 5) is 14.4. The molecule has 3 N–H and O–H groups in total. The van der Waals surface area contributed by atoms with Gasteiger partial charge in [0.15, 0.2) is 0 Å². The zero-order chi connectivity index (χ0) is 14.0. The van der Waals surface area contributed by atoms with E-state index in [2.05, 4.69) is 12.1 Å². The van der Waals surface area contributed by atoms with Gasteiger partial charge in [0.25, 0.3) is 0 Å². The van der Waals surface area contributed by atoms with Gasteiger partial charge < -0.3 is 15.8 Å². The maximum absolute atomic E-state index is 12.5. The van der Waals surface area contributed by atoms with Crippen LogP contribution < -0.4 is 5.73 Å². The highest BCUT2D eigenvalue weighted by molar-refractivity contribution is 5.86. The smallest absolute Gasteiger partial charge is 0.225 e. The fourth-order valence-corrected chi connectivity index (χ4v) is 3.34. The summed E-state index contributed by atoms with van der Waals surface area (Å²) in [6, 6.07) is 0. The lowest BCUT2D eigenvalue weighted by Crippen LogP contribution is -2.49. The van der Waals surface area contributed by atoms with Crippen LogP contribution in [0.4, 0.5) is 0 Å². The second-order valence-corrected chi connectivity index (χ2v) is 6.39. The van der Waals surface area contributed by atoms with Gasteiger partial charge in [0, 0.05) is 24.4 Å². The first kappa shape index (κ1) is 14.2. The first-order chi connectivity index (χ1) is 8.98. The van der Waals surface area contributed by atoms with Crippen LogP contribution in [0.3, 0.4) is 0 Å². The molecule has 108 valence electrons. The van der Waals surface area contributed by atoms with E-state index < -0.39 is 0 Å². The molecular formula is C14H25N3O2. The van der Waals surface area contributed by atoms with Crippen LogP contribution >= 0.6 is 0 Å². The summed E-state index contributed by atoms with van der Waals surface area (Å²) in [6.07, 6.45) is 4.93. The van der Waals surface area contributed by atoms with Gasteiger partial charge in [0.05, 0.1) is 0 Å². The number of carbonyl (C=O) groups excluding carboxylic acids is 1. The van der Waals surface area contributed by atoms with Crippen molar-refractivity contribution in [1.29, 1.82) is 0 Å². The molecule has 2 rings (SSSR count). The Morgan fingerprint density at radius 3 is 2.47 bits per heavy atom. The van der Waals surface area contributed by atoms with Crippen molar-refractivity contribution in [2.75, 3.05) is 13.1 Å². The largest absolute Gasteiger partial charge is 0.409 e. The van der Waals surface area contributed by atoms with Crippen molar-refractivity contribution in [3.63, 3.8) is 0 Å². The van der Waals surface area contributed by atoms with E-state index >= 15 is 0 Å². The third-order valence-electron chi connectivity index (χ3n) is 5.08. The van der Waals surface area contributed by atoms with E-state index in [-0.39, 0.29) is 17.2 Å². The molecule has 0 spiro atoms. The molecule has 0 aromatic carbocycles. The Bertz CT molecular complexity index is 373. The number of nitrogens with zero attached hydrogens (tertiary/aromatic N) is 2. The summed E-state index contributed by atoms with van der Waals surface area (Å²) in [5, 5.41) is 12.0. The van der Waals surface area contributed by atoms with E-state index in [1.54, 1.807) is 0 Å². The predicted molar refractivity (Wildman–Crippen MR) is 73.8 cm³/mol. The molecule has 2 fully saturated rings. The van der Waals surface area contributed by atoms with Gasteiger partial charge in [-0.15, -0.1) is 0 Å². The second kappa shape index (κ2) is 5.39. The highest BCUT2D eigenvalue weighted by Gasteiger charge is 2.39. The van der Waals surface area contributed by atoms with Crippen LogP contribution in [0.15, 0.2) is 5.16 Å². The van der Waals surface area contributed by atoms with Crippen molar-refractivity contribution >= 4 is 11.7 Å². The standard InChI is InChI=1S/C14H25N3O2/c1-10-4-3-5-11(10)12(18)17-8-6-14(2,7-9-17)13(15)16-19/h10-11,19H,3-9H2,1-2H3,(H2,15,16). The summed E-state index contributed by atoms with van der Waals surface area (Å²) in [7, 11) is 0. The number of likely N-dealkylation sites (tertiary alicyclic amines) is 1. The van der Waals surface area contributed by atoms with Crippen molar-refractivity contribution in [3.8, 4) is 0 Å². The minimum absolute atomic E-state index is 0.216. The number of hydrogen-bond acceptors (Lipinski definition) is 3. The monoisotopic (exact) mass is 267 g/mol. The van der Waals surface area contributed by atoms with Crippen LogP contribution in [0.2, 0.25) is 0 Å². The van der Waals surface area contributed by atoms with E-state index in [0.29, 0.717) is 11.8 Å². The summed E-state index contributed by atoms with van der Waals surface area (Å²) in [5.74, 6) is 1.33. The van der Waals surface area contributed by atoms with Gasteiger partial charge in [-0.2, -0.15) is 0 Å². The van der Waals surface area contributed by atoms with Crippen LogP contribution in [0.25, 0.3) is 0 Å². The zero-order valence-corrected chi connectivity index (χ0v) is 11.9. The Balaban J connectivity index is 1.95. The van der Waals surface area contributed by atoms with E-state index in [0.717, 1.165) is 32.4 Å². The second-order valence-electron chi connectivity index (χ2n) is 6.39. The lowest BCUT2D eigenvalue weighted by atomic mass is 9.79. The van der Waals surface area contributed by atoms with Gasteiger partial charge in [-0.3, -0.25) is 4.79 Å². The average Bonchev–Trinajstić information content (AvgIpc) is 2.84. The molecule has 0 aromatic heterocycles. The molecule has 5 heteroatoms. The molecule has 1 saturated carbocycles. The molecule has 0 bridgehead atoms. The Labute approximate surface area is 114 Å². The highest BCUT2D eigenvalue weighted by atomic mass is 16.4. The fraction of sp³-hybridized carbons (Fsp3) is 0.857. The van der Waals surface area contributed by atoms with Crippen molar-refractivity contribution in [2.24, 2.45) is 28.1 Å². The fourth-order valence-electron chi connectivity index (χ4n) is 3.34. The number of piperidine rings is 1. The third kappa shape index (κ3) is 2.69. The summed E-state index contributed by atoms with van der Waals surface area (Å²) in [6.45, 7) is 5.62. The van der Waals surface area contributed by atoms with Crippen molar-refractivity contribution in [3.05, 3.63) is 0 Å². The molecule has 1 heterocycles. The van der Waals surface area contributed by atoms with Crippen molar-refractivity contribution in [2.45, 2.75) is 46.0 Å². The molecular weight excluding hydrogens is 242 g/mol. The predicted octanol–water partition coefficient (Wildman–Crippen LogP) is 1.80. The van der Waals surface area contributed by atoms with Crippen molar-refractivity contribution in [1.82, 2.24) is 4.90 Å². The summed E-state index contributed by atoms with van der Waals surface area (Å²) in [5.41, 5.74) is 5.47. The number of oxime groups is 1. The Kier molecular flexibility index (Phi) is 4.02. The minimum Gasteiger partial charge on any atom is -0.409 e. The van der Waals surface area contributed by atoms with E-state index in [4.69, 9.17) is 10.9 Å². The van der Waals surface area contributed by atoms with Crippen LogP contribution in [-0.4, -0.2) is 34.9 Å². The molecule has 0 radical (unpaired) electrons. The van der Waals surface area contributed by atoms with Gasteiger partial charge in [0.1, 0.15) is 5.84 Å². The van der Waals surface area contributed by atoms with Crippen LogP contribution in [0.5, 0.6) is 0 Å². The number of carbonyl (C=O) groups is 1. The number of amidine groups is 1. The first-order valence-electron chi connectivity index (χ1n) is 7.25. The molecule has 5 nitrogen and oxygen atoms in total. The number of amides is 1. The SMILES string of the molecule is CC1CCCC1C(=O)N1CCC(C)(C(N)=NO)CC1. The molecule has 2 unspecified atom stereocenters. The Hall–Kier alpha value is -1.26. The molecule has 1 aliphatic heterocycles. The van der Waals surface area contributed by atoms with Gasteiger partial charge in [-0.25, -0.2) is 0 Å². The van der Waals surface area contributed by atoms with E-state index in [1.807, 2.05) is 11.8 Å². The van der Waals surface area contributed by atoms with Gasteiger partial charge in [-0.05, 0) is 31.6 Å². The van der Waals surface area contributed by atoms with Gasteiger partial charge in [-0.1, -0.05) is 25.4 Å². The molecule has 1 saturated heterocycles. The number of hydrogen-bond donors (Lipinski definition) is 2. The molecule has 1 aliphatic carbocycles. The maximum atomic E-state index is 12.5. The first-order valence-corrected chi connectivity index (χ1v) is 7.25. The normalized spacial score (nSPS) is 31.5. The minimum atomic E-state index is -0.271. The third-order valence-corrected chi connectivity index (χ3v) is 5.08. The average molecular weight is 267 g/mol. The van der Waals surface area contributed by atoms with E-state index in [9.17, 15) is 4.79 Å². The maximum Gasteiger partial charge on any atom is 0.225 e. The quantitative estimate of drug-likeness (QED) is 0.346. The van der Waals surface area contributed by atoms with Crippen LogP contribution in [-0.2, 0) is 4.79 Å². The molecule has 0 aromatic rings.